The molecule has 0 radical (unpaired) electrons. The lowest BCUT2D eigenvalue weighted by Gasteiger charge is -2.13. The molecule has 0 saturated carbocycles. The SMILES string of the molecule is COc1cc2c(cc1OCCCN(C)C)[nH]c1ccnc(C(C)C)c12.Cl. The summed E-state index contributed by atoms with van der Waals surface area (Å²) in [5, 5.41) is 2.30. The molecule has 0 fully saturated rings. The zero-order valence-corrected chi connectivity index (χ0v) is 16.9. The highest BCUT2D eigenvalue weighted by atomic mass is 35.5. The van der Waals surface area contributed by atoms with Crippen LogP contribution in [0.25, 0.3) is 21.8 Å². The predicted molar refractivity (Wildman–Crippen MR) is 110 cm³/mol. The summed E-state index contributed by atoms with van der Waals surface area (Å²) in [6.07, 6.45) is 2.84. The van der Waals surface area contributed by atoms with Crippen molar-refractivity contribution in [3.63, 3.8) is 0 Å². The van der Waals surface area contributed by atoms with Crippen LogP contribution >= 0.6 is 12.4 Å². The molecule has 1 aromatic carbocycles. The molecule has 3 rings (SSSR count). The molecule has 2 aromatic heterocycles. The molecule has 1 N–H and O–H groups in total. The van der Waals surface area contributed by atoms with Crippen molar-refractivity contribution in [2.24, 2.45) is 0 Å². The Morgan fingerprint density at radius 2 is 1.92 bits per heavy atom. The molecule has 142 valence electrons. The zero-order valence-electron chi connectivity index (χ0n) is 16.1. The lowest BCUT2D eigenvalue weighted by atomic mass is 10.0. The minimum atomic E-state index is 0. The Morgan fingerprint density at radius 1 is 1.15 bits per heavy atom. The first-order valence-electron chi connectivity index (χ1n) is 8.77. The summed E-state index contributed by atoms with van der Waals surface area (Å²) < 4.78 is 11.6. The van der Waals surface area contributed by atoms with Gasteiger partial charge in [-0.05, 0) is 38.6 Å². The van der Waals surface area contributed by atoms with Crippen LogP contribution in [0.4, 0.5) is 0 Å². The Kier molecular flexibility index (Phi) is 6.73. The highest BCUT2D eigenvalue weighted by Gasteiger charge is 2.16. The molecule has 0 amide bonds. The van der Waals surface area contributed by atoms with Gasteiger partial charge in [0.2, 0.25) is 0 Å². The van der Waals surface area contributed by atoms with Gasteiger partial charge < -0.3 is 19.4 Å². The van der Waals surface area contributed by atoms with Gasteiger partial charge in [0.15, 0.2) is 11.5 Å². The highest BCUT2D eigenvalue weighted by Crippen LogP contribution is 2.38. The first-order chi connectivity index (χ1) is 12.0. The number of fused-ring (bicyclic) bond motifs is 3. The van der Waals surface area contributed by atoms with E-state index in [-0.39, 0.29) is 12.4 Å². The monoisotopic (exact) mass is 377 g/mol. The summed E-state index contributed by atoms with van der Waals surface area (Å²) in [5.74, 6) is 1.90. The van der Waals surface area contributed by atoms with E-state index in [4.69, 9.17) is 9.47 Å². The standard InChI is InChI=1S/C20H27N3O2.ClH/c1-13(2)20-19-14-11-17(24-5)18(25-10-6-9-23(3)4)12-16(14)22-15(19)7-8-21-20;/h7-8,11-13,22H,6,9-10H2,1-5H3;1H. The van der Waals surface area contributed by atoms with Crippen molar-refractivity contribution in [2.75, 3.05) is 34.4 Å². The van der Waals surface area contributed by atoms with E-state index >= 15 is 0 Å². The normalized spacial score (nSPS) is 11.3. The molecule has 26 heavy (non-hydrogen) atoms. The first kappa shape index (κ1) is 20.3. The number of nitrogens with one attached hydrogen (secondary N) is 1. The van der Waals surface area contributed by atoms with Crippen molar-refractivity contribution in [1.29, 1.82) is 0 Å². The molecular weight excluding hydrogens is 350 g/mol. The van der Waals surface area contributed by atoms with E-state index in [9.17, 15) is 0 Å². The van der Waals surface area contributed by atoms with E-state index in [0.29, 0.717) is 12.5 Å². The lowest BCUT2D eigenvalue weighted by Crippen LogP contribution is -2.15. The van der Waals surface area contributed by atoms with Crippen molar-refractivity contribution >= 4 is 34.2 Å². The second-order valence-electron chi connectivity index (χ2n) is 6.95. The van der Waals surface area contributed by atoms with Gasteiger partial charge in [-0.25, -0.2) is 0 Å². The average Bonchev–Trinajstić information content (AvgIpc) is 2.94. The Bertz CT molecular complexity index is 874. The number of rotatable bonds is 7. The van der Waals surface area contributed by atoms with Crippen LogP contribution in [0.15, 0.2) is 24.4 Å². The summed E-state index contributed by atoms with van der Waals surface area (Å²) in [6.45, 7) is 6.00. The predicted octanol–water partition coefficient (Wildman–Crippen LogP) is 4.60. The number of hydrogen-bond acceptors (Lipinski definition) is 4. The molecule has 0 bridgehead atoms. The number of ether oxygens (including phenoxy) is 2. The van der Waals surface area contributed by atoms with Gasteiger partial charge in [0.05, 0.1) is 24.9 Å². The van der Waals surface area contributed by atoms with E-state index < -0.39 is 0 Å². The van der Waals surface area contributed by atoms with E-state index in [2.05, 4.69) is 48.9 Å². The topological polar surface area (TPSA) is 50.4 Å². The number of aromatic nitrogens is 2. The van der Waals surface area contributed by atoms with Gasteiger partial charge in [0, 0.05) is 35.1 Å². The summed E-state index contributed by atoms with van der Waals surface area (Å²) in [5.41, 5.74) is 3.25. The molecule has 3 aromatic rings. The summed E-state index contributed by atoms with van der Waals surface area (Å²) >= 11 is 0. The van der Waals surface area contributed by atoms with Gasteiger partial charge >= 0.3 is 0 Å². The van der Waals surface area contributed by atoms with Gasteiger partial charge in [0.1, 0.15) is 0 Å². The molecule has 0 unspecified atom stereocenters. The fraction of sp³-hybridized carbons (Fsp3) is 0.450. The maximum absolute atomic E-state index is 5.97. The Labute approximate surface area is 161 Å². The molecule has 0 aliphatic rings. The average molecular weight is 378 g/mol. The van der Waals surface area contributed by atoms with Crippen molar-refractivity contribution in [1.82, 2.24) is 14.9 Å². The van der Waals surface area contributed by atoms with Crippen LogP contribution in [0, 0.1) is 0 Å². The number of benzene rings is 1. The molecule has 2 heterocycles. The molecule has 0 spiro atoms. The molecule has 0 aliphatic carbocycles. The summed E-state index contributed by atoms with van der Waals surface area (Å²) in [7, 11) is 5.82. The van der Waals surface area contributed by atoms with Gasteiger partial charge in [-0.2, -0.15) is 0 Å². The van der Waals surface area contributed by atoms with E-state index in [1.54, 1.807) is 7.11 Å². The van der Waals surface area contributed by atoms with Gasteiger partial charge in [-0.1, -0.05) is 13.8 Å². The number of halogens is 1. The van der Waals surface area contributed by atoms with Crippen molar-refractivity contribution in [2.45, 2.75) is 26.2 Å². The first-order valence-corrected chi connectivity index (χ1v) is 8.77. The van der Waals surface area contributed by atoms with Crippen molar-refractivity contribution in [3.05, 3.63) is 30.1 Å². The number of nitrogens with zero attached hydrogens (tertiary/aromatic N) is 2. The third-order valence-electron chi connectivity index (χ3n) is 4.38. The zero-order chi connectivity index (χ0) is 18.0. The Hall–Kier alpha value is -1.98. The fourth-order valence-corrected chi connectivity index (χ4v) is 3.15. The third kappa shape index (κ3) is 4.05. The van der Waals surface area contributed by atoms with Crippen LogP contribution in [0.1, 0.15) is 31.9 Å². The fourth-order valence-electron chi connectivity index (χ4n) is 3.15. The van der Waals surface area contributed by atoms with Crippen LogP contribution in [0.3, 0.4) is 0 Å². The van der Waals surface area contributed by atoms with E-state index in [0.717, 1.165) is 46.6 Å². The molecule has 0 saturated heterocycles. The van der Waals surface area contributed by atoms with E-state index in [1.807, 2.05) is 18.3 Å². The minimum absolute atomic E-state index is 0. The maximum atomic E-state index is 5.97. The molecule has 0 atom stereocenters. The number of methoxy groups -OCH3 is 1. The molecule has 0 aliphatic heterocycles. The largest absolute Gasteiger partial charge is 0.493 e. The van der Waals surface area contributed by atoms with Gasteiger partial charge in [-0.3, -0.25) is 4.98 Å². The number of pyridine rings is 1. The van der Waals surface area contributed by atoms with Gasteiger partial charge in [0.25, 0.3) is 0 Å². The van der Waals surface area contributed by atoms with Crippen molar-refractivity contribution < 1.29 is 9.47 Å². The molecular formula is C20H28ClN3O2. The maximum Gasteiger partial charge on any atom is 0.163 e. The van der Waals surface area contributed by atoms with Gasteiger partial charge in [-0.15, -0.1) is 12.4 Å². The van der Waals surface area contributed by atoms with Crippen molar-refractivity contribution in [3.8, 4) is 11.5 Å². The third-order valence-corrected chi connectivity index (χ3v) is 4.38. The summed E-state index contributed by atoms with van der Waals surface area (Å²) in [6, 6.07) is 6.11. The number of H-pyrrole nitrogens is 1. The van der Waals surface area contributed by atoms with Crippen LogP contribution in [0.5, 0.6) is 11.5 Å². The lowest BCUT2D eigenvalue weighted by molar-refractivity contribution is 0.268. The molecule has 5 nitrogen and oxygen atoms in total. The Balaban J connectivity index is 0.00000243. The molecule has 6 heteroatoms. The quantitative estimate of drug-likeness (QED) is 0.611. The number of hydrogen-bond donors (Lipinski definition) is 1. The second-order valence-corrected chi connectivity index (χ2v) is 6.95. The van der Waals surface area contributed by atoms with Crippen LogP contribution < -0.4 is 9.47 Å². The Morgan fingerprint density at radius 3 is 2.58 bits per heavy atom. The van der Waals surface area contributed by atoms with Crippen LogP contribution in [-0.2, 0) is 0 Å². The van der Waals surface area contributed by atoms with E-state index in [1.165, 1.54) is 5.39 Å². The van der Waals surface area contributed by atoms with Crippen LogP contribution in [-0.4, -0.2) is 49.2 Å². The number of aromatic amines is 1. The summed E-state index contributed by atoms with van der Waals surface area (Å²) in [4.78, 5) is 10.2. The highest BCUT2D eigenvalue weighted by molar-refractivity contribution is 6.09. The smallest absolute Gasteiger partial charge is 0.163 e. The minimum Gasteiger partial charge on any atom is -0.493 e. The van der Waals surface area contributed by atoms with Crippen LogP contribution in [0.2, 0.25) is 0 Å². The second kappa shape index (κ2) is 8.60.